The molecule has 0 aliphatic carbocycles. The van der Waals surface area contributed by atoms with Gasteiger partial charge in [0.15, 0.2) is 0 Å². The Balaban J connectivity index is 1.22. The van der Waals surface area contributed by atoms with E-state index in [0.29, 0.717) is 30.6 Å². The van der Waals surface area contributed by atoms with Gasteiger partial charge in [-0.2, -0.15) is 4.98 Å². The second-order valence-corrected chi connectivity index (χ2v) is 7.93. The molecular formula is C23H26N6O5. The van der Waals surface area contributed by atoms with E-state index in [1.165, 1.54) is 19.2 Å². The number of amides is 1. The number of nitro groups is 1. The molecule has 1 N–H and O–H groups in total. The lowest BCUT2D eigenvalue weighted by molar-refractivity contribution is -0.384. The summed E-state index contributed by atoms with van der Waals surface area (Å²) in [7, 11) is 1.43. The number of anilines is 1. The van der Waals surface area contributed by atoms with Gasteiger partial charge >= 0.3 is 0 Å². The Morgan fingerprint density at radius 2 is 1.88 bits per heavy atom. The third kappa shape index (κ3) is 5.94. The van der Waals surface area contributed by atoms with Crippen molar-refractivity contribution in [2.24, 2.45) is 0 Å². The zero-order valence-corrected chi connectivity index (χ0v) is 18.8. The van der Waals surface area contributed by atoms with E-state index in [1.807, 2.05) is 30.3 Å². The van der Waals surface area contributed by atoms with Gasteiger partial charge in [0.2, 0.25) is 17.6 Å². The molecular weight excluding hydrogens is 440 g/mol. The highest BCUT2D eigenvalue weighted by atomic mass is 16.6. The second kappa shape index (κ2) is 10.9. The molecule has 4 rings (SSSR count). The fraction of sp³-hybridized carbons (Fsp3) is 0.348. The number of nitro benzene ring substituents is 1. The minimum Gasteiger partial charge on any atom is -0.496 e. The maximum atomic E-state index is 12.4. The van der Waals surface area contributed by atoms with E-state index in [4.69, 9.17) is 9.26 Å². The van der Waals surface area contributed by atoms with Crippen LogP contribution in [-0.4, -0.2) is 70.6 Å². The third-order valence-corrected chi connectivity index (χ3v) is 5.65. The van der Waals surface area contributed by atoms with Crippen molar-refractivity contribution < 1.29 is 19.0 Å². The number of rotatable bonds is 9. The first-order valence-electron chi connectivity index (χ1n) is 11.0. The normalized spacial score (nSPS) is 14.6. The lowest BCUT2D eigenvalue weighted by Crippen LogP contribution is -2.46. The van der Waals surface area contributed by atoms with Gasteiger partial charge in [0.05, 0.1) is 24.6 Å². The van der Waals surface area contributed by atoms with Crippen molar-refractivity contribution in [3.8, 4) is 17.1 Å². The van der Waals surface area contributed by atoms with Crippen molar-refractivity contribution in [3.63, 3.8) is 0 Å². The summed E-state index contributed by atoms with van der Waals surface area (Å²) in [6, 6.07) is 14.0. The van der Waals surface area contributed by atoms with Gasteiger partial charge in [-0.3, -0.25) is 19.8 Å². The minimum atomic E-state index is -0.538. The number of benzene rings is 2. The number of carbonyl (C=O) groups is 1. The molecule has 11 heteroatoms. The van der Waals surface area contributed by atoms with E-state index in [2.05, 4.69) is 25.3 Å². The zero-order valence-electron chi connectivity index (χ0n) is 18.8. The first kappa shape index (κ1) is 23.3. The number of carbonyl (C=O) groups excluding carboxylic acids is 1. The van der Waals surface area contributed by atoms with Crippen LogP contribution in [-0.2, 0) is 11.3 Å². The lowest BCUT2D eigenvalue weighted by Gasteiger charge is -2.33. The van der Waals surface area contributed by atoms with Crippen LogP contribution in [0.5, 0.6) is 5.75 Å². The number of nitrogens with zero attached hydrogens (tertiary/aromatic N) is 5. The van der Waals surface area contributed by atoms with E-state index in [0.717, 1.165) is 31.7 Å². The van der Waals surface area contributed by atoms with Gasteiger partial charge in [0.25, 0.3) is 5.69 Å². The van der Waals surface area contributed by atoms with Gasteiger partial charge in [0, 0.05) is 44.7 Å². The molecule has 1 aliphatic rings. The SMILES string of the molecule is COc1ccc(NC(=O)CCN2CCN(Cc3nc(-c4ccccc4)no3)CC2)c([N+](=O)[O-])c1. The molecule has 1 fully saturated rings. The predicted octanol–water partition coefficient (Wildman–Crippen LogP) is 2.80. The van der Waals surface area contributed by atoms with E-state index < -0.39 is 4.92 Å². The molecule has 178 valence electrons. The Morgan fingerprint density at radius 3 is 2.59 bits per heavy atom. The minimum absolute atomic E-state index is 0.162. The van der Waals surface area contributed by atoms with Crippen LogP contribution in [0.2, 0.25) is 0 Å². The second-order valence-electron chi connectivity index (χ2n) is 7.93. The van der Waals surface area contributed by atoms with Crippen LogP contribution in [0, 0.1) is 10.1 Å². The molecule has 1 amide bonds. The molecule has 11 nitrogen and oxygen atoms in total. The van der Waals surface area contributed by atoms with E-state index in [9.17, 15) is 14.9 Å². The van der Waals surface area contributed by atoms with Crippen LogP contribution in [0.3, 0.4) is 0 Å². The van der Waals surface area contributed by atoms with Crippen molar-refractivity contribution in [2.75, 3.05) is 45.2 Å². The fourth-order valence-electron chi connectivity index (χ4n) is 3.75. The summed E-state index contributed by atoms with van der Waals surface area (Å²) in [4.78, 5) is 32.0. The van der Waals surface area contributed by atoms with E-state index in [-0.39, 0.29) is 23.7 Å². The first-order chi connectivity index (χ1) is 16.5. The molecule has 0 unspecified atom stereocenters. The van der Waals surface area contributed by atoms with Crippen molar-refractivity contribution in [1.82, 2.24) is 19.9 Å². The number of aromatic nitrogens is 2. The molecule has 0 atom stereocenters. The van der Waals surface area contributed by atoms with Gasteiger partial charge in [-0.05, 0) is 12.1 Å². The Labute approximate surface area is 196 Å². The average Bonchev–Trinajstić information content (AvgIpc) is 3.33. The fourth-order valence-corrected chi connectivity index (χ4v) is 3.75. The van der Waals surface area contributed by atoms with Gasteiger partial charge in [-0.25, -0.2) is 0 Å². The molecule has 0 saturated carbocycles. The Hall–Kier alpha value is -3.83. The van der Waals surface area contributed by atoms with Crippen LogP contribution in [0.15, 0.2) is 53.1 Å². The van der Waals surface area contributed by atoms with Crippen molar-refractivity contribution in [3.05, 3.63) is 64.5 Å². The van der Waals surface area contributed by atoms with Crippen LogP contribution in [0.4, 0.5) is 11.4 Å². The number of methoxy groups -OCH3 is 1. The number of nitrogens with one attached hydrogen (secondary N) is 1. The predicted molar refractivity (Wildman–Crippen MR) is 124 cm³/mol. The Morgan fingerprint density at radius 1 is 1.15 bits per heavy atom. The van der Waals surface area contributed by atoms with Gasteiger partial charge in [0.1, 0.15) is 11.4 Å². The topological polar surface area (TPSA) is 127 Å². The standard InChI is InChI=1S/C23H26N6O5/c1-33-18-7-8-19(20(15-18)29(31)32)24-21(30)9-10-27-11-13-28(14-12-27)16-22-25-23(26-34-22)17-5-3-2-4-6-17/h2-8,15H,9-14,16H2,1H3,(H,24,30). The van der Waals surface area contributed by atoms with E-state index >= 15 is 0 Å². The molecule has 0 bridgehead atoms. The monoisotopic (exact) mass is 466 g/mol. The number of ether oxygens (including phenoxy) is 1. The summed E-state index contributed by atoms with van der Waals surface area (Å²) < 4.78 is 10.4. The summed E-state index contributed by atoms with van der Waals surface area (Å²) in [6.07, 6.45) is 0.243. The number of hydrogen-bond donors (Lipinski definition) is 1. The van der Waals surface area contributed by atoms with Crippen LogP contribution in [0.1, 0.15) is 12.3 Å². The molecule has 2 heterocycles. The maximum absolute atomic E-state index is 12.4. The molecule has 3 aromatic rings. The molecule has 2 aromatic carbocycles. The highest BCUT2D eigenvalue weighted by Gasteiger charge is 2.21. The van der Waals surface area contributed by atoms with Crippen molar-refractivity contribution in [2.45, 2.75) is 13.0 Å². The van der Waals surface area contributed by atoms with Gasteiger partial charge in [-0.1, -0.05) is 35.5 Å². The summed E-state index contributed by atoms with van der Waals surface area (Å²) in [5, 5.41) is 18.0. The van der Waals surface area contributed by atoms with Gasteiger partial charge < -0.3 is 19.5 Å². The smallest absolute Gasteiger partial charge is 0.296 e. The summed E-state index contributed by atoms with van der Waals surface area (Å²) in [5.74, 6) is 1.25. The average molecular weight is 466 g/mol. The molecule has 0 spiro atoms. The molecule has 1 saturated heterocycles. The summed E-state index contributed by atoms with van der Waals surface area (Å²) in [5.41, 5.74) is 0.883. The van der Waals surface area contributed by atoms with Crippen LogP contribution < -0.4 is 10.1 Å². The third-order valence-electron chi connectivity index (χ3n) is 5.65. The number of hydrogen-bond acceptors (Lipinski definition) is 9. The highest BCUT2D eigenvalue weighted by Crippen LogP contribution is 2.29. The molecule has 1 aromatic heterocycles. The summed E-state index contributed by atoms with van der Waals surface area (Å²) in [6.45, 7) is 4.38. The molecule has 1 aliphatic heterocycles. The number of piperazine rings is 1. The Bertz CT molecular complexity index is 1130. The van der Waals surface area contributed by atoms with Crippen molar-refractivity contribution >= 4 is 17.3 Å². The van der Waals surface area contributed by atoms with E-state index in [1.54, 1.807) is 6.07 Å². The maximum Gasteiger partial charge on any atom is 0.296 e. The molecule has 34 heavy (non-hydrogen) atoms. The van der Waals surface area contributed by atoms with Crippen LogP contribution >= 0.6 is 0 Å². The Kier molecular flexibility index (Phi) is 7.45. The largest absolute Gasteiger partial charge is 0.496 e. The van der Waals surface area contributed by atoms with Crippen molar-refractivity contribution in [1.29, 1.82) is 0 Å². The lowest BCUT2D eigenvalue weighted by atomic mass is 10.2. The highest BCUT2D eigenvalue weighted by molar-refractivity contribution is 5.93. The summed E-state index contributed by atoms with van der Waals surface area (Å²) >= 11 is 0. The quantitative estimate of drug-likeness (QED) is 0.374. The zero-order chi connectivity index (χ0) is 23.9. The van der Waals surface area contributed by atoms with Gasteiger partial charge in [-0.15, -0.1) is 0 Å². The molecule has 0 radical (unpaired) electrons. The first-order valence-corrected chi connectivity index (χ1v) is 11.0. The van der Waals surface area contributed by atoms with Crippen LogP contribution in [0.25, 0.3) is 11.4 Å².